The van der Waals surface area contributed by atoms with E-state index < -0.39 is 47.9 Å². The summed E-state index contributed by atoms with van der Waals surface area (Å²) in [5, 5.41) is 42.7. The number of aromatic nitrogens is 1. The third-order valence-corrected chi connectivity index (χ3v) is 13.2. The number of esters is 2. The monoisotopic (exact) mass is 772 g/mol. The van der Waals surface area contributed by atoms with Gasteiger partial charge in [0.25, 0.3) is 0 Å². The van der Waals surface area contributed by atoms with Crippen molar-refractivity contribution < 1.29 is 48.6 Å². The molecule has 0 radical (unpaired) electrons. The Morgan fingerprint density at radius 2 is 1.85 bits per heavy atom. The summed E-state index contributed by atoms with van der Waals surface area (Å²) in [6.07, 6.45) is -0.0175. The lowest BCUT2D eigenvalue weighted by Gasteiger charge is -2.55. The number of piperazine rings is 1. The van der Waals surface area contributed by atoms with Gasteiger partial charge < -0.3 is 49.3 Å². The fourth-order valence-electron chi connectivity index (χ4n) is 9.68. The van der Waals surface area contributed by atoms with Crippen LogP contribution in [0.5, 0.6) is 34.5 Å². The van der Waals surface area contributed by atoms with E-state index in [9.17, 15) is 24.9 Å². The Bertz CT molecular complexity index is 2280. The fraction of sp³-hybridized carbons (Fsp3) is 0.450. The molecule has 0 aliphatic carbocycles. The number of benzene rings is 3. The summed E-state index contributed by atoms with van der Waals surface area (Å²) in [6, 6.07) is 4.94. The Labute approximate surface area is 321 Å². The zero-order valence-electron chi connectivity index (χ0n) is 31.2. The zero-order valence-corrected chi connectivity index (χ0v) is 32.0. The number of nitrogens with one attached hydrogen (secondary N) is 3. The second-order valence-electron chi connectivity index (χ2n) is 15.1. The van der Waals surface area contributed by atoms with E-state index in [0.29, 0.717) is 81.8 Å². The van der Waals surface area contributed by atoms with Gasteiger partial charge in [-0.3, -0.25) is 15.0 Å². The van der Waals surface area contributed by atoms with Gasteiger partial charge in [-0.1, -0.05) is 6.07 Å². The number of cyclic esters (lactones) is 1. The number of aryl methyl sites for hydroxylation is 1. The third-order valence-electron chi connectivity index (χ3n) is 12.0. The fourth-order valence-corrected chi connectivity index (χ4v) is 11.1. The first-order valence-electron chi connectivity index (χ1n) is 18.5. The molecule has 1 aromatic heterocycles. The van der Waals surface area contributed by atoms with E-state index in [-0.39, 0.29) is 24.9 Å². The maximum atomic E-state index is 14.8. The minimum absolute atomic E-state index is 0.0486. The number of aromatic amines is 1. The topological polar surface area (TPSA) is 184 Å². The van der Waals surface area contributed by atoms with Crippen molar-refractivity contribution in [2.24, 2.45) is 0 Å². The lowest BCUT2D eigenvalue weighted by molar-refractivity contribution is -0.161. The molecule has 290 valence electrons. The maximum absolute atomic E-state index is 14.8. The van der Waals surface area contributed by atoms with E-state index in [4.69, 9.17) is 23.7 Å². The Hall–Kier alpha value is -4.67. The van der Waals surface area contributed by atoms with Gasteiger partial charge in [0.15, 0.2) is 28.5 Å². The maximum Gasteiger partial charge on any atom is 0.333 e. The predicted molar refractivity (Wildman–Crippen MR) is 202 cm³/mol. The first kappa shape index (κ1) is 36.0. The van der Waals surface area contributed by atoms with Crippen LogP contribution in [0.15, 0.2) is 24.3 Å². The number of aliphatic hydroxyl groups excluding tert-OH is 1. The molecule has 6 heterocycles. The average molecular weight is 773 g/mol. The van der Waals surface area contributed by atoms with E-state index >= 15 is 0 Å². The number of methoxy groups -OCH3 is 1. The van der Waals surface area contributed by atoms with Crippen molar-refractivity contribution in [1.82, 2.24) is 20.5 Å². The highest BCUT2D eigenvalue weighted by Gasteiger charge is 2.54. The summed E-state index contributed by atoms with van der Waals surface area (Å²) in [5.74, 6) is 1.43. The number of H-pyrrole nitrogens is 1. The number of hydrogen-bond acceptors (Lipinski definition) is 14. The van der Waals surface area contributed by atoms with Crippen LogP contribution in [0.25, 0.3) is 10.9 Å². The Morgan fingerprint density at radius 3 is 2.64 bits per heavy atom. The van der Waals surface area contributed by atoms with Crippen molar-refractivity contribution in [2.45, 2.75) is 76.5 Å². The number of thioether (sulfide) groups is 1. The van der Waals surface area contributed by atoms with Crippen LogP contribution in [0.1, 0.15) is 63.6 Å². The second kappa shape index (κ2) is 13.2. The van der Waals surface area contributed by atoms with Crippen LogP contribution in [0.3, 0.4) is 0 Å². The van der Waals surface area contributed by atoms with Crippen LogP contribution < -0.4 is 29.6 Å². The van der Waals surface area contributed by atoms with Gasteiger partial charge in [-0.25, -0.2) is 4.79 Å². The normalized spacial score (nSPS) is 27.2. The van der Waals surface area contributed by atoms with Crippen LogP contribution in [0.2, 0.25) is 0 Å². The first-order valence-corrected chi connectivity index (χ1v) is 19.6. The SMILES string of the molecule is COc1c(C)cc2c(c1O)C1NC(C2)[C@H](O)N2C1CSC[C@]1(NCCc3c1[nH]c1ccc(O)cc31)C(=O)OC[C@H]2c1c(C)c(OC(C)=O)c(C)c2c1OCO2. The van der Waals surface area contributed by atoms with Gasteiger partial charge in [-0.2, -0.15) is 11.8 Å². The van der Waals surface area contributed by atoms with Crippen LogP contribution in [-0.4, -0.2) is 94.0 Å². The molecule has 2 fully saturated rings. The molecule has 6 N–H and O–H groups in total. The summed E-state index contributed by atoms with van der Waals surface area (Å²) < 4.78 is 30.1. The molecule has 5 aliphatic heterocycles. The smallest absolute Gasteiger partial charge is 0.333 e. The number of hydrogen-bond donors (Lipinski definition) is 6. The van der Waals surface area contributed by atoms with Crippen LogP contribution in [-0.2, 0) is 32.7 Å². The number of fused-ring (bicyclic) bond motifs is 11. The Balaban J connectivity index is 1.24. The Morgan fingerprint density at radius 1 is 1.05 bits per heavy atom. The minimum atomic E-state index is -1.28. The summed E-state index contributed by atoms with van der Waals surface area (Å²) in [4.78, 5) is 32.7. The number of aliphatic hydroxyl groups is 1. The zero-order chi connectivity index (χ0) is 38.5. The average Bonchev–Trinajstić information content (AvgIpc) is 3.79. The van der Waals surface area contributed by atoms with Gasteiger partial charge in [0.1, 0.15) is 24.3 Å². The molecule has 14 nitrogen and oxygen atoms in total. The van der Waals surface area contributed by atoms with Crippen LogP contribution >= 0.6 is 11.8 Å². The number of ether oxygens (including phenoxy) is 5. The van der Waals surface area contributed by atoms with Crippen molar-refractivity contribution in [3.05, 3.63) is 68.9 Å². The molecule has 2 bridgehead atoms. The Kier molecular flexibility index (Phi) is 8.66. The van der Waals surface area contributed by atoms with E-state index in [2.05, 4.69) is 15.6 Å². The molecule has 2 saturated heterocycles. The van der Waals surface area contributed by atoms with Gasteiger partial charge in [0.05, 0.1) is 30.9 Å². The molecule has 15 heteroatoms. The molecule has 0 amide bonds. The van der Waals surface area contributed by atoms with Crippen molar-refractivity contribution in [3.63, 3.8) is 0 Å². The van der Waals surface area contributed by atoms with E-state index in [1.54, 1.807) is 36.9 Å². The number of rotatable bonds is 3. The van der Waals surface area contributed by atoms with E-state index in [0.717, 1.165) is 27.6 Å². The second-order valence-corrected chi connectivity index (χ2v) is 16.1. The summed E-state index contributed by atoms with van der Waals surface area (Å²) >= 11 is 1.54. The summed E-state index contributed by atoms with van der Waals surface area (Å²) in [7, 11) is 1.54. The molecule has 9 rings (SSSR count). The van der Waals surface area contributed by atoms with Crippen LogP contribution in [0, 0.1) is 20.8 Å². The predicted octanol–water partition coefficient (Wildman–Crippen LogP) is 3.80. The summed E-state index contributed by atoms with van der Waals surface area (Å²) in [5.41, 5.74) is 5.31. The van der Waals surface area contributed by atoms with Gasteiger partial charge in [0.2, 0.25) is 6.79 Å². The largest absolute Gasteiger partial charge is 0.508 e. The van der Waals surface area contributed by atoms with Gasteiger partial charge in [-0.05, 0) is 68.5 Å². The minimum Gasteiger partial charge on any atom is -0.508 e. The molecule has 1 spiro atoms. The number of phenolic OH excluding ortho intramolecular Hbond substituents is 2. The molecule has 4 aromatic rings. The molecule has 3 unspecified atom stereocenters. The number of aromatic hydroxyl groups is 2. The lowest BCUT2D eigenvalue weighted by atomic mass is 9.79. The molecule has 6 atom stereocenters. The number of nitrogens with zero attached hydrogens (tertiary/aromatic N) is 1. The highest BCUT2D eigenvalue weighted by atomic mass is 32.2. The highest BCUT2D eigenvalue weighted by Crippen LogP contribution is 2.54. The number of carbonyl (C=O) groups excluding carboxylic acids is 2. The van der Waals surface area contributed by atoms with E-state index in [1.165, 1.54) is 14.0 Å². The molecule has 0 saturated carbocycles. The van der Waals surface area contributed by atoms with Crippen molar-refractivity contribution in [3.8, 4) is 34.5 Å². The van der Waals surface area contributed by atoms with Crippen molar-refractivity contribution in [2.75, 3.05) is 38.6 Å². The third kappa shape index (κ3) is 5.38. The van der Waals surface area contributed by atoms with E-state index in [1.807, 2.05) is 24.8 Å². The molecular weight excluding hydrogens is 729 g/mol. The van der Waals surface area contributed by atoms with Crippen LogP contribution in [0.4, 0.5) is 0 Å². The highest BCUT2D eigenvalue weighted by molar-refractivity contribution is 7.99. The molecule has 5 aliphatic rings. The van der Waals surface area contributed by atoms with Crippen molar-refractivity contribution >= 4 is 34.6 Å². The molecule has 55 heavy (non-hydrogen) atoms. The lowest BCUT2D eigenvalue weighted by Crippen LogP contribution is -2.68. The van der Waals surface area contributed by atoms with Gasteiger partial charge in [0, 0.05) is 64.2 Å². The van der Waals surface area contributed by atoms with Gasteiger partial charge in [-0.15, -0.1) is 0 Å². The van der Waals surface area contributed by atoms with Gasteiger partial charge >= 0.3 is 11.9 Å². The number of carbonyl (C=O) groups is 2. The summed E-state index contributed by atoms with van der Waals surface area (Å²) in [6.45, 7) is 7.07. The molecule has 3 aromatic carbocycles. The standard InChI is InChI=1S/C40H44N4O10S/c1-17-10-21-11-26-38(48)44-27(29-18(2)34(54-20(4)45)19(3)35-36(29)53-16-52-35)13-51-39(49)40(15-55-14-28(44)31(42-26)30(21)32(47)33(17)50-5)37-23(8-9-41-40)24-12-22(46)6-7-25(24)43-37/h6-7,10,12,26-28,31,38,41-43,46-48H,8-9,11,13-16H2,1-5H3/t26?,27-,28?,31?,38-,40+/m0/s1. The molecular formula is C40H44N4O10S. The first-order chi connectivity index (χ1) is 26.4. The quantitative estimate of drug-likeness (QED) is 0.131. The van der Waals surface area contributed by atoms with Crippen molar-refractivity contribution in [1.29, 1.82) is 0 Å². The number of phenols is 2.